The third-order valence-corrected chi connectivity index (χ3v) is 4.35. The maximum Gasteiger partial charge on any atom is 0.317 e. The number of hydrogen-bond donors (Lipinski definition) is 2. The van der Waals surface area contributed by atoms with Crippen LogP contribution < -0.4 is 15.0 Å². The van der Waals surface area contributed by atoms with E-state index >= 15 is 0 Å². The Morgan fingerprint density at radius 3 is 2.68 bits per heavy atom. The predicted molar refractivity (Wildman–Crippen MR) is 109 cm³/mol. The maximum atomic E-state index is 13.3. The number of nitrogens with zero attached hydrogens (tertiary/aromatic N) is 3. The van der Waals surface area contributed by atoms with E-state index in [1.807, 2.05) is 17.0 Å². The number of pyridine rings is 1. The van der Waals surface area contributed by atoms with Crippen molar-refractivity contribution < 1.29 is 19.0 Å². The molecule has 1 aromatic carbocycles. The number of amides is 2. The molecule has 1 aromatic heterocycles. The zero-order chi connectivity index (χ0) is 20.1. The van der Waals surface area contributed by atoms with Crippen LogP contribution in [0.2, 0.25) is 0 Å². The van der Waals surface area contributed by atoms with Crippen LogP contribution in [0.5, 0.6) is 5.75 Å². The van der Waals surface area contributed by atoms with Gasteiger partial charge in [0.15, 0.2) is 15.7 Å². The van der Waals surface area contributed by atoms with Crippen LogP contribution in [-0.4, -0.2) is 68.5 Å². The van der Waals surface area contributed by atoms with E-state index in [-0.39, 0.29) is 6.03 Å². The number of ether oxygens (including phenoxy) is 1. The first-order valence-corrected chi connectivity index (χ1v) is 9.20. The molecule has 10 heteroatoms. The molecule has 0 spiro atoms. The van der Waals surface area contributed by atoms with Gasteiger partial charge in [0.25, 0.3) is 0 Å². The average molecular weight is 384 g/mol. The second kappa shape index (κ2) is 8.52. The summed E-state index contributed by atoms with van der Waals surface area (Å²) in [4.78, 5) is 19.8. The summed E-state index contributed by atoms with van der Waals surface area (Å²) < 4.78 is 18.7. The van der Waals surface area contributed by atoms with Crippen molar-refractivity contribution in [1.82, 2.24) is 15.2 Å². The SMILES string of the molecule is BC(B)(O)Oc1cccc(CNC(=O)N2CCN(c3ccnc(F)c3)CC2)c1. The first-order chi connectivity index (χ1) is 13.3. The molecule has 2 aromatic rings. The van der Waals surface area contributed by atoms with Gasteiger partial charge in [-0.3, -0.25) is 0 Å². The zero-order valence-corrected chi connectivity index (χ0v) is 16.1. The quantitative estimate of drug-likeness (QED) is 0.413. The first-order valence-electron chi connectivity index (χ1n) is 9.20. The summed E-state index contributed by atoms with van der Waals surface area (Å²) in [7, 11) is 3.11. The number of nitrogens with one attached hydrogen (secondary N) is 1. The van der Waals surface area contributed by atoms with Crippen LogP contribution in [0.1, 0.15) is 5.56 Å². The molecule has 0 bridgehead atoms. The molecule has 1 fully saturated rings. The summed E-state index contributed by atoms with van der Waals surface area (Å²) in [5.41, 5.74) is 0.386. The van der Waals surface area contributed by atoms with E-state index in [9.17, 15) is 14.3 Å². The number of hydrogen-bond acceptors (Lipinski definition) is 5. The average Bonchev–Trinajstić information content (AvgIpc) is 2.65. The second-order valence-electron chi connectivity index (χ2n) is 7.17. The highest BCUT2D eigenvalue weighted by molar-refractivity contribution is 6.37. The van der Waals surface area contributed by atoms with Crippen molar-refractivity contribution in [1.29, 1.82) is 0 Å². The third-order valence-electron chi connectivity index (χ3n) is 4.35. The Morgan fingerprint density at radius 2 is 2.00 bits per heavy atom. The van der Waals surface area contributed by atoms with E-state index < -0.39 is 11.5 Å². The molecule has 3 rings (SSSR count). The fourth-order valence-electron chi connectivity index (χ4n) is 3.05. The number of carbonyl (C=O) groups is 1. The van der Waals surface area contributed by atoms with E-state index in [1.54, 1.807) is 38.8 Å². The number of piperazine rings is 1. The van der Waals surface area contributed by atoms with E-state index in [0.717, 1.165) is 11.3 Å². The number of rotatable bonds is 5. The molecular weight excluding hydrogens is 361 g/mol. The van der Waals surface area contributed by atoms with Crippen LogP contribution >= 0.6 is 0 Å². The minimum absolute atomic E-state index is 0.144. The maximum absolute atomic E-state index is 13.3. The van der Waals surface area contributed by atoms with Gasteiger partial charge in [-0.05, 0) is 23.8 Å². The van der Waals surface area contributed by atoms with Crippen molar-refractivity contribution in [2.24, 2.45) is 0 Å². The Morgan fingerprint density at radius 1 is 1.25 bits per heavy atom. The van der Waals surface area contributed by atoms with Gasteiger partial charge in [-0.1, -0.05) is 12.1 Å². The Hall–Kier alpha value is -2.74. The van der Waals surface area contributed by atoms with Gasteiger partial charge in [0.2, 0.25) is 5.95 Å². The minimum Gasteiger partial charge on any atom is -0.480 e. The highest BCUT2D eigenvalue weighted by Crippen LogP contribution is 2.17. The monoisotopic (exact) mass is 384 g/mol. The molecule has 0 atom stereocenters. The zero-order valence-electron chi connectivity index (χ0n) is 16.1. The lowest BCUT2D eigenvalue weighted by Crippen LogP contribution is -2.51. The highest BCUT2D eigenvalue weighted by Gasteiger charge is 2.21. The topological polar surface area (TPSA) is 77.9 Å². The first kappa shape index (κ1) is 20.0. The smallest absolute Gasteiger partial charge is 0.317 e. The highest BCUT2D eigenvalue weighted by atomic mass is 19.1. The molecule has 1 aliphatic rings. The number of aliphatic hydroxyl groups is 1. The van der Waals surface area contributed by atoms with Gasteiger partial charge in [-0.15, -0.1) is 0 Å². The molecule has 28 heavy (non-hydrogen) atoms. The van der Waals surface area contributed by atoms with Crippen molar-refractivity contribution >= 4 is 27.4 Å². The number of benzene rings is 1. The Labute approximate surface area is 165 Å². The molecule has 2 heterocycles. The molecule has 146 valence electrons. The largest absolute Gasteiger partial charge is 0.480 e. The molecule has 1 saturated heterocycles. The molecule has 7 nitrogen and oxygen atoms in total. The van der Waals surface area contributed by atoms with Crippen molar-refractivity contribution in [3.05, 3.63) is 54.1 Å². The number of carbonyl (C=O) groups excluding carboxylic acids is 1. The van der Waals surface area contributed by atoms with Crippen LogP contribution in [0.25, 0.3) is 0 Å². The molecule has 1 aliphatic heterocycles. The predicted octanol–water partition coefficient (Wildman–Crippen LogP) is -0.499. The van der Waals surface area contributed by atoms with Crippen LogP contribution in [0.15, 0.2) is 42.6 Å². The van der Waals surface area contributed by atoms with Crippen molar-refractivity contribution in [3.63, 3.8) is 0 Å². The molecule has 2 N–H and O–H groups in total. The van der Waals surface area contributed by atoms with Gasteiger partial charge >= 0.3 is 6.03 Å². The van der Waals surface area contributed by atoms with Gasteiger partial charge in [0.1, 0.15) is 11.3 Å². The van der Waals surface area contributed by atoms with Crippen molar-refractivity contribution in [2.45, 2.75) is 12.1 Å². The van der Waals surface area contributed by atoms with E-state index in [1.165, 1.54) is 12.3 Å². The van der Waals surface area contributed by atoms with Gasteiger partial charge in [0, 0.05) is 50.7 Å². The summed E-state index contributed by atoms with van der Waals surface area (Å²) in [6.07, 6.45) is 1.44. The van der Waals surface area contributed by atoms with E-state index in [2.05, 4.69) is 10.3 Å². The summed E-state index contributed by atoms with van der Waals surface area (Å²) in [5.74, 6) is 0.0333. The minimum atomic E-state index is -1.26. The van der Waals surface area contributed by atoms with Gasteiger partial charge in [0.05, 0.1) is 0 Å². The fourth-order valence-corrected chi connectivity index (χ4v) is 3.05. The van der Waals surface area contributed by atoms with Crippen LogP contribution in [0.4, 0.5) is 14.9 Å². The van der Waals surface area contributed by atoms with E-state index in [4.69, 9.17) is 4.74 Å². The normalized spacial score (nSPS) is 14.6. The molecule has 0 unspecified atom stereocenters. The van der Waals surface area contributed by atoms with Gasteiger partial charge in [-0.25, -0.2) is 9.78 Å². The molecular formula is C18H23B2FN4O3. The Balaban J connectivity index is 1.49. The fraction of sp³-hybridized carbons (Fsp3) is 0.333. The molecule has 0 saturated carbocycles. The third kappa shape index (κ3) is 5.63. The number of anilines is 1. The van der Waals surface area contributed by atoms with E-state index in [0.29, 0.717) is 38.5 Å². The Bertz CT molecular complexity index is 826. The standard InChI is InChI=1S/C18H23B2FN4O3/c19-18(20,27)28-15-3-1-2-13(10-15)12-23-17(26)25-8-6-24(7-9-25)14-4-5-22-16(21)11-14/h1-5,10-11,27H,6-9,12,19-20H2,(H,23,26). The molecule has 0 radical (unpaired) electrons. The van der Waals surface area contributed by atoms with Crippen molar-refractivity contribution in [3.8, 4) is 5.75 Å². The summed E-state index contributed by atoms with van der Waals surface area (Å²) in [5, 5.41) is 12.6. The molecule has 0 aliphatic carbocycles. The lowest BCUT2D eigenvalue weighted by molar-refractivity contribution is 0.0127. The number of halogens is 1. The van der Waals surface area contributed by atoms with Gasteiger partial charge in [-0.2, -0.15) is 4.39 Å². The molecule has 2 amide bonds. The Kier molecular flexibility index (Phi) is 6.08. The number of urea groups is 1. The summed E-state index contributed by atoms with van der Waals surface area (Å²) >= 11 is 0. The number of aromatic nitrogens is 1. The summed E-state index contributed by atoms with van der Waals surface area (Å²) in [6, 6.07) is 10.3. The van der Waals surface area contributed by atoms with Crippen LogP contribution in [0, 0.1) is 5.95 Å². The van der Waals surface area contributed by atoms with Crippen LogP contribution in [0.3, 0.4) is 0 Å². The van der Waals surface area contributed by atoms with Crippen molar-refractivity contribution in [2.75, 3.05) is 31.1 Å². The second-order valence-corrected chi connectivity index (χ2v) is 7.17. The summed E-state index contributed by atoms with van der Waals surface area (Å²) in [6.45, 7) is 2.73. The van der Waals surface area contributed by atoms with Crippen LogP contribution in [-0.2, 0) is 6.54 Å². The lowest BCUT2D eigenvalue weighted by Gasteiger charge is -2.36. The lowest BCUT2D eigenvalue weighted by atomic mass is 9.76. The van der Waals surface area contributed by atoms with Gasteiger partial charge < -0.3 is 25.0 Å².